The topological polar surface area (TPSA) is 94.8 Å². The van der Waals surface area contributed by atoms with E-state index in [4.69, 9.17) is 0 Å². The normalized spacial score (nSPS) is 29.8. The number of aliphatic hydroxyl groups excluding tert-OH is 1. The molecule has 0 unspecified atom stereocenters. The third kappa shape index (κ3) is 9.95. The minimum absolute atomic E-state index is 0.0204. The molecule has 0 bridgehead atoms. The van der Waals surface area contributed by atoms with Crippen LogP contribution < -0.4 is 0 Å². The zero-order valence-corrected chi connectivity index (χ0v) is 28.5. The summed E-state index contributed by atoms with van der Waals surface area (Å²) in [7, 11) is 0. The fourth-order valence-corrected chi connectivity index (χ4v) is 6.29. The van der Waals surface area contributed by atoms with Crippen LogP contribution in [0.5, 0.6) is 0 Å². The van der Waals surface area contributed by atoms with Crippen molar-refractivity contribution in [3.8, 4) is 0 Å². The lowest BCUT2D eigenvalue weighted by atomic mass is 9.62. The summed E-state index contributed by atoms with van der Waals surface area (Å²) < 4.78 is 0. The molecule has 0 radical (unpaired) electrons. The second-order valence-corrected chi connectivity index (χ2v) is 14.3. The van der Waals surface area contributed by atoms with Crippen LogP contribution in [0.2, 0.25) is 0 Å². The first-order valence-electron chi connectivity index (χ1n) is 15.5. The van der Waals surface area contributed by atoms with E-state index in [0.29, 0.717) is 24.0 Å². The van der Waals surface area contributed by atoms with Crippen molar-refractivity contribution in [2.75, 3.05) is 0 Å². The Balaban J connectivity index is 1.98. The maximum atomic E-state index is 12.9. The van der Waals surface area contributed by atoms with Crippen LogP contribution >= 0.6 is 0 Å². The summed E-state index contributed by atoms with van der Waals surface area (Å²) in [6.45, 7) is 19.1. The van der Waals surface area contributed by atoms with Crippen molar-refractivity contribution in [2.24, 2.45) is 10.8 Å². The summed E-state index contributed by atoms with van der Waals surface area (Å²) in [6.07, 6.45) is 23.7. The molecule has 0 spiro atoms. The number of rotatable bonds is 10. The summed E-state index contributed by atoms with van der Waals surface area (Å²) >= 11 is 0. The summed E-state index contributed by atoms with van der Waals surface area (Å²) in [5, 5.41) is 32.4. The lowest BCUT2D eigenvalue weighted by Gasteiger charge is -2.45. The first-order valence-corrected chi connectivity index (χ1v) is 15.5. The van der Waals surface area contributed by atoms with Crippen molar-refractivity contribution in [2.45, 2.75) is 112 Å². The highest BCUT2D eigenvalue weighted by Crippen LogP contribution is 2.47. The number of carbonyl (C=O) groups is 2. The van der Waals surface area contributed by atoms with E-state index < -0.39 is 22.7 Å². The fourth-order valence-electron chi connectivity index (χ4n) is 6.29. The molecule has 5 heteroatoms. The van der Waals surface area contributed by atoms with Gasteiger partial charge in [0.05, 0.1) is 17.3 Å². The molecule has 240 valence electrons. The van der Waals surface area contributed by atoms with Crippen LogP contribution in [-0.4, -0.2) is 44.2 Å². The Morgan fingerprint density at radius 1 is 0.841 bits per heavy atom. The van der Waals surface area contributed by atoms with E-state index >= 15 is 0 Å². The standard InChI is InChI=1S/C39H54O5/c1-27(17-13-19-29(3)21-35-36(6,7)23-33(41)25-38(35,10)43)15-11-12-16-28(2)18-14-20-30(4)34(42)26-39(44)31(5)22-32(40)24-37(39,8)9/h11-22,33,41,43-44H,23-26H2,1-10H3/b12-11+,17-13+,18-14+,27-15+,28-16+,29-19+,30-20+,35-21-/t33-,38+,39+/m0/s1. The average molecular weight is 603 g/mol. The molecule has 0 aliphatic heterocycles. The molecule has 3 atom stereocenters. The van der Waals surface area contributed by atoms with Crippen molar-refractivity contribution < 1.29 is 24.9 Å². The zero-order chi connectivity index (χ0) is 33.5. The van der Waals surface area contributed by atoms with E-state index in [2.05, 4.69) is 13.8 Å². The van der Waals surface area contributed by atoms with Gasteiger partial charge >= 0.3 is 0 Å². The maximum Gasteiger partial charge on any atom is 0.161 e. The van der Waals surface area contributed by atoms with E-state index in [1.165, 1.54) is 6.08 Å². The molecule has 0 aromatic heterocycles. The first kappa shape index (κ1) is 37.1. The van der Waals surface area contributed by atoms with Crippen LogP contribution in [0.25, 0.3) is 0 Å². The number of allylic oxidation sites excluding steroid dienone is 16. The number of ketones is 2. The lowest BCUT2D eigenvalue weighted by Crippen LogP contribution is -2.50. The molecule has 2 aliphatic carbocycles. The van der Waals surface area contributed by atoms with Gasteiger partial charge in [0, 0.05) is 24.7 Å². The fraction of sp³-hybridized carbons (Fsp3) is 0.487. The van der Waals surface area contributed by atoms with Crippen molar-refractivity contribution in [3.05, 3.63) is 106 Å². The van der Waals surface area contributed by atoms with Gasteiger partial charge in [-0.3, -0.25) is 9.59 Å². The first-order chi connectivity index (χ1) is 20.2. The van der Waals surface area contributed by atoms with Gasteiger partial charge in [0.15, 0.2) is 11.6 Å². The van der Waals surface area contributed by atoms with E-state index in [9.17, 15) is 24.9 Å². The summed E-state index contributed by atoms with van der Waals surface area (Å²) in [5.41, 5.74) is 1.84. The van der Waals surface area contributed by atoms with Gasteiger partial charge in [0.2, 0.25) is 0 Å². The number of hydrogen-bond donors (Lipinski definition) is 3. The summed E-state index contributed by atoms with van der Waals surface area (Å²) in [6, 6.07) is 0. The van der Waals surface area contributed by atoms with Crippen molar-refractivity contribution in [1.29, 1.82) is 0 Å². The molecule has 0 saturated heterocycles. The summed E-state index contributed by atoms with van der Waals surface area (Å²) in [5.74, 6) is -0.165. The van der Waals surface area contributed by atoms with E-state index in [-0.39, 0.29) is 29.8 Å². The predicted molar refractivity (Wildman–Crippen MR) is 182 cm³/mol. The highest BCUT2D eigenvalue weighted by molar-refractivity contribution is 5.97. The lowest BCUT2D eigenvalue weighted by molar-refractivity contribution is -0.132. The highest BCUT2D eigenvalue weighted by Gasteiger charge is 2.49. The van der Waals surface area contributed by atoms with Crippen molar-refractivity contribution >= 4 is 11.6 Å². The van der Waals surface area contributed by atoms with E-state index in [0.717, 1.165) is 22.3 Å². The number of carbonyl (C=O) groups excluding carboxylic acids is 2. The van der Waals surface area contributed by atoms with Gasteiger partial charge in [-0.15, -0.1) is 0 Å². The molecule has 44 heavy (non-hydrogen) atoms. The Morgan fingerprint density at radius 2 is 1.36 bits per heavy atom. The SMILES string of the molecule is CC1=CC(=O)CC(C)(C)[C@@]1(O)CC(=O)/C(C)=C/C=C/C(C)=C/C=C/C=C(C)/C=C/C=C(C)/C=C1/C(C)(C)C[C@H](O)C[C@@]1(C)O. The smallest absolute Gasteiger partial charge is 0.161 e. The predicted octanol–water partition coefficient (Wildman–Crippen LogP) is 7.93. The maximum absolute atomic E-state index is 12.9. The molecule has 2 aliphatic rings. The molecule has 5 nitrogen and oxygen atoms in total. The second kappa shape index (κ2) is 14.8. The zero-order valence-electron chi connectivity index (χ0n) is 28.5. The summed E-state index contributed by atoms with van der Waals surface area (Å²) in [4.78, 5) is 24.9. The van der Waals surface area contributed by atoms with Gasteiger partial charge in [-0.1, -0.05) is 111 Å². The van der Waals surface area contributed by atoms with Gasteiger partial charge in [-0.2, -0.15) is 0 Å². The van der Waals surface area contributed by atoms with Crippen LogP contribution in [0.4, 0.5) is 0 Å². The third-order valence-electron chi connectivity index (χ3n) is 8.94. The molecule has 0 heterocycles. The van der Waals surface area contributed by atoms with Gasteiger partial charge in [0.25, 0.3) is 0 Å². The highest BCUT2D eigenvalue weighted by atomic mass is 16.3. The van der Waals surface area contributed by atoms with Crippen LogP contribution in [-0.2, 0) is 9.59 Å². The number of Topliss-reactive ketones (excluding diaryl/α,β-unsaturated/α-hetero) is 1. The Labute approximate surface area is 265 Å². The molecule has 2 rings (SSSR count). The largest absolute Gasteiger partial charge is 0.393 e. The van der Waals surface area contributed by atoms with E-state index in [1.807, 2.05) is 95.4 Å². The quantitative estimate of drug-likeness (QED) is 0.174. The van der Waals surface area contributed by atoms with Crippen LogP contribution in [0, 0.1) is 10.8 Å². The minimum atomic E-state index is -1.34. The third-order valence-corrected chi connectivity index (χ3v) is 8.94. The number of hydrogen-bond acceptors (Lipinski definition) is 5. The van der Waals surface area contributed by atoms with Crippen LogP contribution in [0.15, 0.2) is 106 Å². The van der Waals surface area contributed by atoms with Crippen molar-refractivity contribution in [3.63, 3.8) is 0 Å². The molecule has 0 amide bonds. The van der Waals surface area contributed by atoms with Crippen LogP contribution in [0.1, 0.15) is 94.9 Å². The molecule has 0 aromatic carbocycles. The monoisotopic (exact) mass is 602 g/mol. The van der Waals surface area contributed by atoms with E-state index in [1.54, 1.807) is 26.8 Å². The molecular weight excluding hydrogens is 548 g/mol. The van der Waals surface area contributed by atoms with Crippen LogP contribution in [0.3, 0.4) is 0 Å². The molecular formula is C39H54O5. The Bertz CT molecular complexity index is 1360. The molecule has 1 saturated carbocycles. The Morgan fingerprint density at radius 3 is 1.89 bits per heavy atom. The van der Waals surface area contributed by atoms with Gasteiger partial charge in [0.1, 0.15) is 0 Å². The average Bonchev–Trinajstić information content (AvgIpc) is 2.86. The Kier molecular flexibility index (Phi) is 12.4. The minimum Gasteiger partial charge on any atom is -0.393 e. The van der Waals surface area contributed by atoms with Gasteiger partial charge in [-0.05, 0) is 76.2 Å². The number of aliphatic hydroxyl groups is 3. The second-order valence-electron chi connectivity index (χ2n) is 14.3. The molecule has 0 aromatic rings. The molecule has 3 N–H and O–H groups in total. The van der Waals surface area contributed by atoms with Gasteiger partial charge < -0.3 is 15.3 Å². The van der Waals surface area contributed by atoms with Crippen molar-refractivity contribution in [1.82, 2.24) is 0 Å². The molecule has 1 fully saturated rings. The Hall–Kier alpha value is -3.12. The van der Waals surface area contributed by atoms with Gasteiger partial charge in [-0.25, -0.2) is 0 Å².